The number of hydrogen-bond acceptors (Lipinski definition) is 4. The van der Waals surface area contributed by atoms with Crippen LogP contribution in [0.15, 0.2) is 79.3 Å². The van der Waals surface area contributed by atoms with E-state index >= 15 is 0 Å². The molecule has 0 aliphatic carbocycles. The lowest BCUT2D eigenvalue weighted by molar-refractivity contribution is 0.0945. The van der Waals surface area contributed by atoms with Gasteiger partial charge in [0.25, 0.3) is 5.91 Å². The minimum Gasteiger partial charge on any atom is -0.340 e. The first-order valence-electron chi connectivity index (χ1n) is 10.1. The summed E-state index contributed by atoms with van der Waals surface area (Å²) in [6.45, 7) is 1.91. The number of aromatic nitrogens is 2. The fraction of sp³-hybridized carbons (Fsp3) is 0.0800. The van der Waals surface area contributed by atoms with Gasteiger partial charge in [-0.15, -0.1) is 0 Å². The number of carbonyl (C=O) groups is 1. The summed E-state index contributed by atoms with van der Waals surface area (Å²) in [4.78, 5) is 17.1. The standard InChI is InChI=1S/C25H19ClFN5O/c1-16-14-29-24(30-21-7-5-20(27)6-8-21)12-23(16)32-10-9-18(15-32)25(33)31-22(13-28)17-3-2-4-19(26)11-17/h2-12,14-15,22H,1H3,(H,29,30)(H,31,33). The predicted octanol–water partition coefficient (Wildman–Crippen LogP) is 5.71. The van der Waals surface area contributed by atoms with Crippen molar-refractivity contribution in [1.29, 1.82) is 5.26 Å². The molecule has 1 unspecified atom stereocenters. The quantitative estimate of drug-likeness (QED) is 0.387. The van der Waals surface area contributed by atoms with Crippen LogP contribution in [0.1, 0.15) is 27.5 Å². The number of nitrogens with zero attached hydrogens (tertiary/aromatic N) is 3. The maximum atomic E-state index is 13.1. The zero-order chi connectivity index (χ0) is 23.4. The molecule has 0 aliphatic heterocycles. The van der Waals surface area contributed by atoms with Crippen LogP contribution in [0.5, 0.6) is 0 Å². The average molecular weight is 460 g/mol. The van der Waals surface area contributed by atoms with Crippen LogP contribution in [0.3, 0.4) is 0 Å². The summed E-state index contributed by atoms with van der Waals surface area (Å²) in [5.74, 6) is -0.116. The summed E-state index contributed by atoms with van der Waals surface area (Å²) < 4.78 is 15.0. The Bertz CT molecular complexity index is 1340. The Hall–Kier alpha value is -4.15. The van der Waals surface area contributed by atoms with Crippen molar-refractivity contribution in [3.63, 3.8) is 0 Å². The van der Waals surface area contributed by atoms with Crippen LogP contribution >= 0.6 is 11.6 Å². The van der Waals surface area contributed by atoms with Crippen LogP contribution in [-0.4, -0.2) is 15.5 Å². The van der Waals surface area contributed by atoms with E-state index in [1.807, 2.05) is 17.6 Å². The van der Waals surface area contributed by atoms with Crippen LogP contribution in [0.25, 0.3) is 5.69 Å². The third-order valence-corrected chi connectivity index (χ3v) is 5.25. The molecule has 6 nitrogen and oxygen atoms in total. The van der Waals surface area contributed by atoms with Gasteiger partial charge in [-0.2, -0.15) is 5.26 Å². The van der Waals surface area contributed by atoms with Crippen molar-refractivity contribution in [2.45, 2.75) is 13.0 Å². The number of pyridine rings is 1. The fourth-order valence-electron chi connectivity index (χ4n) is 3.31. The number of amides is 1. The van der Waals surface area contributed by atoms with Crippen LogP contribution in [0.4, 0.5) is 15.9 Å². The van der Waals surface area contributed by atoms with Crippen LogP contribution in [0.2, 0.25) is 5.02 Å². The Kier molecular flexibility index (Phi) is 6.38. The molecule has 164 valence electrons. The highest BCUT2D eigenvalue weighted by Gasteiger charge is 2.17. The molecule has 8 heteroatoms. The first kappa shape index (κ1) is 22.1. The monoisotopic (exact) mass is 459 g/mol. The zero-order valence-corrected chi connectivity index (χ0v) is 18.3. The van der Waals surface area contributed by atoms with E-state index in [0.717, 1.165) is 11.3 Å². The molecule has 0 saturated heterocycles. The molecule has 4 rings (SSSR count). The van der Waals surface area contributed by atoms with E-state index in [1.54, 1.807) is 61.1 Å². The zero-order valence-electron chi connectivity index (χ0n) is 17.6. The number of nitriles is 1. The normalized spacial score (nSPS) is 11.5. The number of rotatable bonds is 6. The number of halogens is 2. The molecule has 0 spiro atoms. The van der Waals surface area contributed by atoms with E-state index in [2.05, 4.69) is 21.7 Å². The van der Waals surface area contributed by atoms with Crippen LogP contribution < -0.4 is 10.6 Å². The molecule has 0 bridgehead atoms. The minimum absolute atomic E-state index is 0.315. The molecule has 0 aliphatic rings. The van der Waals surface area contributed by atoms with Crippen molar-refractivity contribution in [1.82, 2.24) is 14.9 Å². The first-order chi connectivity index (χ1) is 15.9. The van der Waals surface area contributed by atoms with Gasteiger partial charge in [0.1, 0.15) is 17.7 Å². The predicted molar refractivity (Wildman–Crippen MR) is 125 cm³/mol. The third kappa shape index (κ3) is 5.20. The average Bonchev–Trinajstić information content (AvgIpc) is 3.30. The highest BCUT2D eigenvalue weighted by molar-refractivity contribution is 6.30. The molecule has 2 N–H and O–H groups in total. The molecule has 0 saturated carbocycles. The van der Waals surface area contributed by atoms with Gasteiger partial charge in [-0.1, -0.05) is 23.7 Å². The Balaban J connectivity index is 1.53. The molecule has 0 fully saturated rings. The number of benzene rings is 2. The summed E-state index contributed by atoms with van der Waals surface area (Å²) in [6.07, 6.45) is 5.16. The summed E-state index contributed by atoms with van der Waals surface area (Å²) in [6, 6.07) is 17.6. The lowest BCUT2D eigenvalue weighted by Gasteiger charge is -2.12. The van der Waals surface area contributed by atoms with Gasteiger partial charge in [0.15, 0.2) is 0 Å². The van der Waals surface area contributed by atoms with Gasteiger partial charge in [0.05, 0.1) is 17.3 Å². The second-order valence-corrected chi connectivity index (χ2v) is 7.82. The van der Waals surface area contributed by atoms with Gasteiger partial charge < -0.3 is 15.2 Å². The van der Waals surface area contributed by atoms with Gasteiger partial charge in [-0.05, 0) is 60.5 Å². The van der Waals surface area contributed by atoms with Crippen molar-refractivity contribution >= 4 is 29.0 Å². The van der Waals surface area contributed by atoms with E-state index < -0.39 is 6.04 Å². The largest absolute Gasteiger partial charge is 0.340 e. The van der Waals surface area contributed by atoms with E-state index in [4.69, 9.17) is 11.6 Å². The van der Waals surface area contributed by atoms with Crippen molar-refractivity contribution in [3.8, 4) is 11.8 Å². The lowest BCUT2D eigenvalue weighted by Crippen LogP contribution is -2.27. The minimum atomic E-state index is -0.825. The molecule has 2 aromatic heterocycles. The SMILES string of the molecule is Cc1cnc(Nc2ccc(F)cc2)cc1-n1ccc(C(=O)NC(C#N)c2cccc(Cl)c2)c1. The topological polar surface area (TPSA) is 82.7 Å². The molecule has 2 aromatic carbocycles. The molecule has 1 atom stereocenters. The van der Waals surface area contributed by atoms with Gasteiger partial charge in [-0.3, -0.25) is 4.79 Å². The number of carbonyl (C=O) groups excluding carboxylic acids is 1. The Morgan fingerprint density at radius 1 is 1.18 bits per heavy atom. The Morgan fingerprint density at radius 3 is 2.70 bits per heavy atom. The van der Waals surface area contributed by atoms with Gasteiger partial charge >= 0.3 is 0 Å². The van der Waals surface area contributed by atoms with Crippen molar-refractivity contribution in [3.05, 3.63) is 107 Å². The summed E-state index contributed by atoms with van der Waals surface area (Å²) in [5.41, 5.74) is 3.44. The highest BCUT2D eigenvalue weighted by atomic mass is 35.5. The molecule has 4 aromatic rings. The van der Waals surface area contributed by atoms with E-state index in [9.17, 15) is 14.4 Å². The maximum absolute atomic E-state index is 13.1. The van der Waals surface area contributed by atoms with Gasteiger partial charge in [-0.25, -0.2) is 9.37 Å². The third-order valence-electron chi connectivity index (χ3n) is 5.01. The molecule has 33 heavy (non-hydrogen) atoms. The van der Waals surface area contributed by atoms with Crippen molar-refractivity contribution in [2.75, 3.05) is 5.32 Å². The number of nitrogens with one attached hydrogen (secondary N) is 2. The molecular formula is C25H19ClFN5O. The second-order valence-electron chi connectivity index (χ2n) is 7.39. The number of anilines is 2. The van der Waals surface area contributed by atoms with E-state index in [0.29, 0.717) is 27.7 Å². The summed E-state index contributed by atoms with van der Waals surface area (Å²) >= 11 is 6.00. The number of aryl methyl sites for hydroxylation is 1. The molecular weight excluding hydrogens is 441 g/mol. The highest BCUT2D eigenvalue weighted by Crippen LogP contribution is 2.22. The lowest BCUT2D eigenvalue weighted by atomic mass is 10.1. The van der Waals surface area contributed by atoms with Crippen LogP contribution in [-0.2, 0) is 0 Å². The molecule has 2 heterocycles. The second kappa shape index (κ2) is 9.55. The Labute approximate surface area is 195 Å². The molecule has 1 amide bonds. The smallest absolute Gasteiger partial charge is 0.254 e. The fourth-order valence-corrected chi connectivity index (χ4v) is 3.51. The van der Waals surface area contributed by atoms with E-state index in [-0.39, 0.29) is 11.7 Å². The van der Waals surface area contributed by atoms with Gasteiger partial charge in [0, 0.05) is 35.4 Å². The van der Waals surface area contributed by atoms with Crippen molar-refractivity contribution in [2.24, 2.45) is 0 Å². The van der Waals surface area contributed by atoms with Crippen LogP contribution in [0, 0.1) is 24.1 Å². The number of hydrogen-bond donors (Lipinski definition) is 2. The first-order valence-corrected chi connectivity index (χ1v) is 10.4. The molecule has 0 radical (unpaired) electrons. The van der Waals surface area contributed by atoms with Crippen molar-refractivity contribution < 1.29 is 9.18 Å². The van der Waals surface area contributed by atoms with Gasteiger partial charge in [0.2, 0.25) is 0 Å². The Morgan fingerprint density at radius 2 is 1.97 bits per heavy atom. The summed E-state index contributed by atoms with van der Waals surface area (Å²) in [5, 5.41) is 15.9. The summed E-state index contributed by atoms with van der Waals surface area (Å²) in [7, 11) is 0. The maximum Gasteiger partial charge on any atom is 0.254 e. The van der Waals surface area contributed by atoms with E-state index in [1.165, 1.54) is 12.1 Å².